The molecule has 0 bridgehead atoms. The average molecular weight is 454 g/mol. The summed E-state index contributed by atoms with van der Waals surface area (Å²) in [6.45, 7) is 0. The molecular formula is C19H12Cl3FN4S. The van der Waals surface area contributed by atoms with Crippen molar-refractivity contribution in [2.75, 3.05) is 6.26 Å². The van der Waals surface area contributed by atoms with Gasteiger partial charge in [0.2, 0.25) is 0 Å². The van der Waals surface area contributed by atoms with E-state index in [1.807, 2.05) is 17.0 Å². The maximum atomic E-state index is 13.5. The molecule has 2 aromatic carbocycles. The number of halogens is 4. The number of hydrogen-bond donors (Lipinski definition) is 0. The van der Waals surface area contributed by atoms with Gasteiger partial charge < -0.3 is 4.57 Å². The van der Waals surface area contributed by atoms with Gasteiger partial charge in [0.1, 0.15) is 22.2 Å². The first-order chi connectivity index (χ1) is 13.5. The highest BCUT2D eigenvalue weighted by Gasteiger charge is 2.24. The Balaban J connectivity index is 2.08. The van der Waals surface area contributed by atoms with Gasteiger partial charge in [0.15, 0.2) is 0 Å². The molecule has 142 valence electrons. The molecule has 0 radical (unpaired) electrons. The Morgan fingerprint density at radius 2 is 1.75 bits per heavy atom. The van der Waals surface area contributed by atoms with Crippen molar-refractivity contribution in [1.29, 1.82) is 0 Å². The van der Waals surface area contributed by atoms with Crippen molar-refractivity contribution in [2.24, 2.45) is 0 Å². The van der Waals surface area contributed by atoms with E-state index < -0.39 is 0 Å². The quantitative estimate of drug-likeness (QED) is 0.260. The molecule has 0 fully saturated rings. The molecular weight excluding hydrogens is 442 g/mol. The molecule has 0 saturated heterocycles. The van der Waals surface area contributed by atoms with Gasteiger partial charge in [-0.2, -0.15) is 5.10 Å². The van der Waals surface area contributed by atoms with Gasteiger partial charge >= 0.3 is 0 Å². The molecule has 4 nitrogen and oxygen atoms in total. The summed E-state index contributed by atoms with van der Waals surface area (Å²) >= 11 is 20.5. The smallest absolute Gasteiger partial charge is 0.143 e. The van der Waals surface area contributed by atoms with E-state index in [-0.39, 0.29) is 10.8 Å². The zero-order valence-electron chi connectivity index (χ0n) is 14.4. The third-order valence-electron chi connectivity index (χ3n) is 4.15. The summed E-state index contributed by atoms with van der Waals surface area (Å²) in [6, 6.07) is 9.54. The Bertz CT molecular complexity index is 1140. The molecule has 0 unspecified atom stereocenters. The van der Waals surface area contributed by atoms with Crippen LogP contribution in [0.5, 0.6) is 0 Å². The van der Waals surface area contributed by atoms with Gasteiger partial charge in [0.05, 0.1) is 27.1 Å². The predicted octanol–water partition coefficient (Wildman–Crippen LogP) is 6.55. The number of aromatic nitrogens is 4. The molecule has 4 aromatic rings. The Morgan fingerprint density at radius 3 is 2.39 bits per heavy atom. The highest BCUT2D eigenvalue weighted by Crippen LogP contribution is 2.43. The zero-order chi connectivity index (χ0) is 19.8. The van der Waals surface area contributed by atoms with E-state index in [2.05, 4.69) is 4.98 Å². The number of nitrogens with zero attached hydrogens (tertiary/aromatic N) is 4. The van der Waals surface area contributed by atoms with Crippen LogP contribution in [-0.4, -0.2) is 25.6 Å². The molecule has 28 heavy (non-hydrogen) atoms. The fourth-order valence-electron chi connectivity index (χ4n) is 2.87. The summed E-state index contributed by atoms with van der Waals surface area (Å²) in [5, 5.41) is 6.41. The van der Waals surface area contributed by atoms with Crippen LogP contribution in [0.4, 0.5) is 4.39 Å². The van der Waals surface area contributed by atoms with Gasteiger partial charge in [0, 0.05) is 18.0 Å². The van der Waals surface area contributed by atoms with Crippen LogP contribution in [0, 0.1) is 5.82 Å². The Labute approximate surface area is 179 Å². The molecule has 0 saturated carbocycles. The largest absolute Gasteiger partial charge is 0.302 e. The van der Waals surface area contributed by atoms with Crippen LogP contribution in [0.1, 0.15) is 0 Å². The van der Waals surface area contributed by atoms with Crippen LogP contribution >= 0.6 is 46.6 Å². The molecule has 0 atom stereocenters. The van der Waals surface area contributed by atoms with Gasteiger partial charge in [-0.25, -0.2) is 14.1 Å². The van der Waals surface area contributed by atoms with Crippen molar-refractivity contribution in [3.05, 3.63) is 76.0 Å². The van der Waals surface area contributed by atoms with Crippen molar-refractivity contribution in [3.8, 4) is 22.6 Å². The second kappa shape index (κ2) is 7.79. The monoisotopic (exact) mass is 452 g/mol. The Kier molecular flexibility index (Phi) is 5.38. The SMILES string of the molecule is CSc1nn(-c2ccc(F)cc2)c(-c2ccc(Cl)c(Cl)c2Cl)c1-n1ccnc1. The summed E-state index contributed by atoms with van der Waals surface area (Å²) in [5.74, 6) is -0.329. The third kappa shape index (κ3) is 3.31. The lowest BCUT2D eigenvalue weighted by Gasteiger charge is -2.13. The van der Waals surface area contributed by atoms with Crippen LogP contribution in [0.25, 0.3) is 22.6 Å². The average Bonchev–Trinajstić information content (AvgIpc) is 3.34. The molecule has 0 aliphatic rings. The molecule has 4 rings (SSSR count). The molecule has 2 aromatic heterocycles. The van der Waals surface area contributed by atoms with Crippen LogP contribution in [0.2, 0.25) is 15.1 Å². The number of thioether (sulfide) groups is 1. The lowest BCUT2D eigenvalue weighted by molar-refractivity contribution is 0.627. The highest BCUT2D eigenvalue weighted by atomic mass is 35.5. The van der Waals surface area contributed by atoms with Gasteiger partial charge in [-0.3, -0.25) is 0 Å². The van der Waals surface area contributed by atoms with Crippen LogP contribution in [0.15, 0.2) is 60.1 Å². The van der Waals surface area contributed by atoms with E-state index >= 15 is 0 Å². The highest BCUT2D eigenvalue weighted by molar-refractivity contribution is 7.98. The van der Waals surface area contributed by atoms with E-state index in [0.717, 1.165) is 10.7 Å². The maximum absolute atomic E-state index is 13.5. The normalized spacial score (nSPS) is 11.2. The summed E-state index contributed by atoms with van der Waals surface area (Å²) in [7, 11) is 0. The summed E-state index contributed by atoms with van der Waals surface area (Å²) in [4.78, 5) is 4.14. The van der Waals surface area contributed by atoms with Gasteiger partial charge in [-0.1, -0.05) is 34.8 Å². The Hall–Kier alpha value is -1.99. The van der Waals surface area contributed by atoms with E-state index in [9.17, 15) is 4.39 Å². The number of benzene rings is 2. The standard InChI is InChI=1S/C19H12Cl3FN4S/c1-28-19-18(26-9-8-24-10-26)17(13-6-7-14(20)16(22)15(13)21)27(25-19)12-4-2-11(23)3-5-12/h2-10H,1H3. The van der Waals surface area contributed by atoms with Crippen molar-refractivity contribution < 1.29 is 4.39 Å². The second-order valence-electron chi connectivity index (χ2n) is 5.79. The lowest BCUT2D eigenvalue weighted by Crippen LogP contribution is -2.02. The first-order valence-electron chi connectivity index (χ1n) is 8.06. The molecule has 0 spiro atoms. The van der Waals surface area contributed by atoms with Crippen molar-refractivity contribution in [2.45, 2.75) is 5.03 Å². The minimum Gasteiger partial charge on any atom is -0.302 e. The number of rotatable bonds is 4. The first-order valence-corrected chi connectivity index (χ1v) is 10.4. The number of hydrogen-bond acceptors (Lipinski definition) is 3. The van der Waals surface area contributed by atoms with Crippen LogP contribution < -0.4 is 0 Å². The molecule has 0 N–H and O–H groups in total. The Morgan fingerprint density at radius 1 is 1.00 bits per heavy atom. The first kappa shape index (κ1) is 19.3. The van der Waals surface area contributed by atoms with E-state index in [1.165, 1.54) is 23.9 Å². The third-order valence-corrected chi connectivity index (χ3v) is 6.10. The van der Waals surface area contributed by atoms with E-state index in [0.29, 0.717) is 27.0 Å². The summed E-state index contributed by atoms with van der Waals surface area (Å²) < 4.78 is 17.0. The minimum absolute atomic E-state index is 0.259. The molecule has 0 amide bonds. The van der Waals surface area contributed by atoms with Crippen molar-refractivity contribution >= 4 is 46.6 Å². The van der Waals surface area contributed by atoms with E-state index in [4.69, 9.17) is 39.9 Å². The van der Waals surface area contributed by atoms with Gasteiger partial charge in [0.25, 0.3) is 0 Å². The molecule has 0 aliphatic heterocycles. The zero-order valence-corrected chi connectivity index (χ0v) is 17.5. The lowest BCUT2D eigenvalue weighted by atomic mass is 10.1. The fraction of sp³-hybridized carbons (Fsp3) is 0.0526. The van der Waals surface area contributed by atoms with Crippen molar-refractivity contribution in [1.82, 2.24) is 19.3 Å². The maximum Gasteiger partial charge on any atom is 0.143 e. The van der Waals surface area contributed by atoms with Crippen molar-refractivity contribution in [3.63, 3.8) is 0 Å². The summed E-state index contributed by atoms with van der Waals surface area (Å²) in [5.41, 5.74) is 2.81. The van der Waals surface area contributed by atoms with Gasteiger partial charge in [-0.05, 0) is 42.7 Å². The molecule has 0 aliphatic carbocycles. The van der Waals surface area contributed by atoms with Crippen LogP contribution in [-0.2, 0) is 0 Å². The number of imidazole rings is 1. The van der Waals surface area contributed by atoms with Crippen LogP contribution in [0.3, 0.4) is 0 Å². The van der Waals surface area contributed by atoms with E-state index in [1.54, 1.807) is 41.5 Å². The molecule has 9 heteroatoms. The summed E-state index contributed by atoms with van der Waals surface area (Å²) in [6.07, 6.45) is 7.11. The predicted molar refractivity (Wildman–Crippen MR) is 113 cm³/mol. The van der Waals surface area contributed by atoms with Gasteiger partial charge in [-0.15, -0.1) is 11.8 Å². The fourth-order valence-corrected chi connectivity index (χ4v) is 4.05. The topological polar surface area (TPSA) is 35.6 Å². The second-order valence-corrected chi connectivity index (χ2v) is 7.75. The minimum atomic E-state index is -0.329. The molecule has 2 heterocycles.